The molecule has 0 aromatic heterocycles. The second-order valence-electron chi connectivity index (χ2n) is 4.50. The Bertz CT molecular complexity index is 569. The van der Waals surface area contributed by atoms with Crippen LogP contribution in [-0.4, -0.2) is 14.1 Å². The maximum atomic E-state index is 10.3. The molecule has 0 aliphatic heterocycles. The molecular formula is C16H16N2O. The average molecular weight is 252 g/mol. The summed E-state index contributed by atoms with van der Waals surface area (Å²) in [4.78, 5) is 12.4. The molecule has 0 radical (unpaired) electrons. The Balaban J connectivity index is 2.10. The van der Waals surface area contributed by atoms with Gasteiger partial charge in [-0.05, 0) is 40.6 Å². The van der Waals surface area contributed by atoms with Gasteiger partial charge in [0, 0.05) is 19.8 Å². The van der Waals surface area contributed by atoms with Gasteiger partial charge in [0.05, 0.1) is 0 Å². The Labute approximate surface area is 113 Å². The highest BCUT2D eigenvalue weighted by Gasteiger charge is 1.94. The van der Waals surface area contributed by atoms with Crippen molar-refractivity contribution in [3.05, 3.63) is 64.6 Å². The van der Waals surface area contributed by atoms with Gasteiger partial charge in [0.2, 0.25) is 0 Å². The van der Waals surface area contributed by atoms with E-state index in [2.05, 4.69) is 34.3 Å². The highest BCUT2D eigenvalue weighted by Crippen LogP contribution is 2.16. The van der Waals surface area contributed by atoms with Crippen LogP contribution in [0.4, 0.5) is 11.4 Å². The Morgan fingerprint density at radius 1 is 0.842 bits per heavy atom. The van der Waals surface area contributed by atoms with Gasteiger partial charge in [0.1, 0.15) is 5.69 Å². The van der Waals surface area contributed by atoms with E-state index in [9.17, 15) is 4.91 Å². The molecule has 0 aliphatic rings. The van der Waals surface area contributed by atoms with Crippen LogP contribution in [0.15, 0.2) is 53.7 Å². The lowest BCUT2D eigenvalue weighted by Crippen LogP contribution is -2.07. The van der Waals surface area contributed by atoms with Gasteiger partial charge >= 0.3 is 0 Å². The number of benzene rings is 2. The molecule has 0 saturated carbocycles. The minimum absolute atomic E-state index is 0.451. The molecular weight excluding hydrogens is 236 g/mol. The normalized spacial score (nSPS) is 10.6. The van der Waals surface area contributed by atoms with E-state index in [4.69, 9.17) is 0 Å². The Kier molecular flexibility index (Phi) is 4.08. The van der Waals surface area contributed by atoms with Crippen LogP contribution in [0.5, 0.6) is 0 Å². The van der Waals surface area contributed by atoms with Crippen molar-refractivity contribution in [2.75, 3.05) is 19.0 Å². The minimum Gasteiger partial charge on any atom is -0.378 e. The minimum atomic E-state index is 0.451. The first-order valence-electron chi connectivity index (χ1n) is 6.08. The summed E-state index contributed by atoms with van der Waals surface area (Å²) in [6, 6.07) is 15.5. The molecule has 0 N–H and O–H groups in total. The summed E-state index contributed by atoms with van der Waals surface area (Å²) >= 11 is 0. The second kappa shape index (κ2) is 5.96. The van der Waals surface area contributed by atoms with Gasteiger partial charge in [0.25, 0.3) is 0 Å². The first-order chi connectivity index (χ1) is 9.19. The summed E-state index contributed by atoms with van der Waals surface area (Å²) in [5, 5.41) is 2.88. The Morgan fingerprint density at radius 2 is 1.32 bits per heavy atom. The van der Waals surface area contributed by atoms with Gasteiger partial charge in [-0.1, -0.05) is 36.4 Å². The number of hydrogen-bond acceptors (Lipinski definition) is 3. The molecule has 0 amide bonds. The second-order valence-corrected chi connectivity index (χ2v) is 4.50. The third-order valence-electron chi connectivity index (χ3n) is 2.88. The smallest absolute Gasteiger partial charge is 0.108 e. The number of rotatable bonds is 4. The van der Waals surface area contributed by atoms with E-state index in [0.29, 0.717) is 5.69 Å². The Morgan fingerprint density at radius 3 is 1.74 bits per heavy atom. The fourth-order valence-corrected chi connectivity index (χ4v) is 1.72. The molecule has 3 nitrogen and oxygen atoms in total. The lowest BCUT2D eigenvalue weighted by Gasteiger charge is -2.11. The maximum absolute atomic E-state index is 10.3. The molecule has 2 aromatic carbocycles. The fraction of sp³-hybridized carbons (Fsp3) is 0.125. The van der Waals surface area contributed by atoms with Crippen LogP contribution >= 0.6 is 0 Å². The highest BCUT2D eigenvalue weighted by molar-refractivity contribution is 5.71. The summed E-state index contributed by atoms with van der Waals surface area (Å²) < 4.78 is 0. The van der Waals surface area contributed by atoms with Gasteiger partial charge in [-0.3, -0.25) is 0 Å². The van der Waals surface area contributed by atoms with E-state index in [0.717, 1.165) is 11.1 Å². The molecule has 2 aromatic rings. The van der Waals surface area contributed by atoms with E-state index in [1.54, 1.807) is 12.1 Å². The number of nitrogens with zero attached hydrogens (tertiary/aromatic N) is 2. The van der Waals surface area contributed by atoms with E-state index in [1.165, 1.54) is 5.69 Å². The van der Waals surface area contributed by atoms with Crippen molar-refractivity contribution in [2.45, 2.75) is 0 Å². The van der Waals surface area contributed by atoms with Crippen molar-refractivity contribution in [3.8, 4) is 0 Å². The van der Waals surface area contributed by atoms with E-state index < -0.39 is 0 Å². The zero-order valence-electron chi connectivity index (χ0n) is 11.1. The van der Waals surface area contributed by atoms with Gasteiger partial charge in [0.15, 0.2) is 0 Å². The average Bonchev–Trinajstić information content (AvgIpc) is 2.46. The maximum Gasteiger partial charge on any atom is 0.108 e. The van der Waals surface area contributed by atoms with Crippen molar-refractivity contribution < 1.29 is 0 Å². The van der Waals surface area contributed by atoms with Crippen molar-refractivity contribution in [2.24, 2.45) is 5.18 Å². The first-order valence-corrected chi connectivity index (χ1v) is 6.08. The quantitative estimate of drug-likeness (QED) is 0.599. The number of hydrogen-bond donors (Lipinski definition) is 0. The van der Waals surface area contributed by atoms with Gasteiger partial charge in [-0.2, -0.15) is 0 Å². The summed E-state index contributed by atoms with van der Waals surface area (Å²) in [5.74, 6) is 0. The van der Waals surface area contributed by atoms with Gasteiger partial charge in [-0.25, -0.2) is 0 Å². The van der Waals surface area contributed by atoms with Crippen molar-refractivity contribution in [1.29, 1.82) is 0 Å². The molecule has 2 rings (SSSR count). The van der Waals surface area contributed by atoms with Crippen molar-refractivity contribution in [1.82, 2.24) is 0 Å². The molecule has 0 fully saturated rings. The lowest BCUT2D eigenvalue weighted by atomic mass is 10.1. The van der Waals surface area contributed by atoms with Crippen molar-refractivity contribution >= 4 is 23.5 Å². The fourth-order valence-electron chi connectivity index (χ4n) is 1.72. The molecule has 0 spiro atoms. The third kappa shape index (κ3) is 3.52. The zero-order valence-corrected chi connectivity index (χ0v) is 11.1. The molecule has 0 heterocycles. The van der Waals surface area contributed by atoms with Crippen molar-refractivity contribution in [3.63, 3.8) is 0 Å². The van der Waals surface area contributed by atoms with Gasteiger partial charge < -0.3 is 4.90 Å². The molecule has 0 atom stereocenters. The van der Waals surface area contributed by atoms with Gasteiger partial charge in [-0.15, -0.1) is 4.91 Å². The summed E-state index contributed by atoms with van der Waals surface area (Å²) in [7, 11) is 4.04. The van der Waals surface area contributed by atoms with E-state index in [-0.39, 0.29) is 0 Å². The molecule has 3 heteroatoms. The molecule has 0 aliphatic carbocycles. The molecule has 0 unspecified atom stereocenters. The zero-order chi connectivity index (χ0) is 13.7. The number of nitroso groups, excluding NO2 is 1. The largest absolute Gasteiger partial charge is 0.378 e. The summed E-state index contributed by atoms with van der Waals surface area (Å²) in [5.41, 5.74) is 3.82. The number of anilines is 1. The monoisotopic (exact) mass is 252 g/mol. The van der Waals surface area contributed by atoms with Crippen LogP contribution < -0.4 is 4.90 Å². The van der Waals surface area contributed by atoms with Crippen LogP contribution in [0.2, 0.25) is 0 Å². The molecule has 0 bridgehead atoms. The predicted octanol–water partition coefficient (Wildman–Crippen LogP) is 4.32. The summed E-state index contributed by atoms with van der Waals surface area (Å²) in [6.45, 7) is 0. The standard InChI is InChI=1S/C16H16N2O/c1-18(2)16-11-7-14(8-12-16)4-3-13-5-9-15(17-19)10-6-13/h3-12H,1-2H3. The van der Waals surface area contributed by atoms with Crippen LogP contribution in [0.25, 0.3) is 12.2 Å². The SMILES string of the molecule is CN(C)c1ccc(C=Cc2ccc(N=O)cc2)cc1. The molecule has 19 heavy (non-hydrogen) atoms. The molecule has 0 saturated heterocycles. The topological polar surface area (TPSA) is 32.7 Å². The van der Waals surface area contributed by atoms with E-state index >= 15 is 0 Å². The first kappa shape index (κ1) is 13.0. The Hall–Kier alpha value is -2.42. The lowest BCUT2D eigenvalue weighted by molar-refractivity contribution is 1.13. The van der Waals surface area contributed by atoms with Crippen LogP contribution in [0.1, 0.15) is 11.1 Å². The van der Waals surface area contributed by atoms with Crippen LogP contribution in [-0.2, 0) is 0 Å². The summed E-state index contributed by atoms with van der Waals surface area (Å²) in [6.07, 6.45) is 4.06. The highest BCUT2D eigenvalue weighted by atomic mass is 16.3. The van der Waals surface area contributed by atoms with Crippen LogP contribution in [0.3, 0.4) is 0 Å². The third-order valence-corrected chi connectivity index (χ3v) is 2.88. The molecule has 96 valence electrons. The van der Waals surface area contributed by atoms with E-state index in [1.807, 2.05) is 38.4 Å². The predicted molar refractivity (Wildman–Crippen MR) is 81.6 cm³/mol. The van der Waals surface area contributed by atoms with Crippen LogP contribution in [0, 0.1) is 4.91 Å².